The predicted molar refractivity (Wildman–Crippen MR) is 59.6 cm³/mol. The minimum Gasteiger partial charge on any atom is -0.396 e. The minimum atomic E-state index is 0.290. The van der Waals surface area contributed by atoms with Crippen LogP contribution in [-0.2, 0) is 6.42 Å². The molecule has 0 amide bonds. The van der Waals surface area contributed by atoms with Gasteiger partial charge in [0.1, 0.15) is 0 Å². The van der Waals surface area contributed by atoms with E-state index in [2.05, 4.69) is 34.7 Å². The number of hydrogen-bond acceptors (Lipinski definition) is 1. The molecule has 1 aromatic rings. The second-order valence-electron chi connectivity index (χ2n) is 2.89. The molecule has 1 aromatic carbocycles. The Hall–Kier alpha value is -0.0900. The monoisotopic (exact) mass is 276 g/mol. The highest BCUT2D eigenvalue weighted by atomic mass is 127. The molecule has 1 nitrogen and oxygen atoms in total. The molecule has 0 fully saturated rings. The first kappa shape index (κ1) is 9.99. The summed E-state index contributed by atoms with van der Waals surface area (Å²) in [6.45, 7) is 0.290. The summed E-state index contributed by atoms with van der Waals surface area (Å²) in [6.07, 6.45) is 0.986. The van der Waals surface area contributed by atoms with Gasteiger partial charge in [-0.3, -0.25) is 0 Å². The molecule has 12 heavy (non-hydrogen) atoms. The van der Waals surface area contributed by atoms with Crippen LogP contribution in [0.15, 0.2) is 30.3 Å². The minimum absolute atomic E-state index is 0.290. The molecule has 0 bridgehead atoms. The summed E-state index contributed by atoms with van der Waals surface area (Å²) < 4.78 is 1.02. The normalized spacial score (nSPS) is 12.8. The number of aliphatic hydroxyl groups excluding tert-OH is 1. The lowest BCUT2D eigenvalue weighted by Crippen LogP contribution is -2.10. The summed E-state index contributed by atoms with van der Waals surface area (Å²) in [7, 11) is 0. The first-order valence-corrected chi connectivity index (χ1v) is 5.60. The van der Waals surface area contributed by atoms with E-state index < -0.39 is 0 Å². The molecule has 0 spiro atoms. The maximum Gasteiger partial charge on any atom is 0.0469 e. The van der Waals surface area contributed by atoms with E-state index in [0.717, 1.165) is 10.8 Å². The number of hydrogen-bond donors (Lipinski definition) is 1. The van der Waals surface area contributed by atoms with Crippen molar-refractivity contribution in [2.75, 3.05) is 11.0 Å². The molecule has 1 atom stereocenters. The molecule has 0 saturated heterocycles. The van der Waals surface area contributed by atoms with Crippen molar-refractivity contribution < 1.29 is 5.11 Å². The van der Waals surface area contributed by atoms with Crippen LogP contribution in [0.3, 0.4) is 0 Å². The molecule has 1 N–H and O–H groups in total. The van der Waals surface area contributed by atoms with Gasteiger partial charge < -0.3 is 5.11 Å². The molecule has 1 unspecified atom stereocenters. The molecule has 0 heterocycles. The molecule has 0 aromatic heterocycles. The van der Waals surface area contributed by atoms with Crippen molar-refractivity contribution in [3.63, 3.8) is 0 Å². The van der Waals surface area contributed by atoms with Crippen molar-refractivity contribution in [1.82, 2.24) is 0 Å². The third kappa shape index (κ3) is 3.11. The van der Waals surface area contributed by atoms with Crippen LogP contribution in [0.5, 0.6) is 0 Å². The van der Waals surface area contributed by atoms with Gasteiger partial charge in [0.05, 0.1) is 0 Å². The van der Waals surface area contributed by atoms with Crippen molar-refractivity contribution in [3.8, 4) is 0 Å². The quantitative estimate of drug-likeness (QED) is 0.660. The first-order valence-electron chi connectivity index (χ1n) is 4.07. The summed E-state index contributed by atoms with van der Waals surface area (Å²) >= 11 is 2.32. The van der Waals surface area contributed by atoms with Gasteiger partial charge in [-0.25, -0.2) is 0 Å². The maximum atomic E-state index is 8.98. The van der Waals surface area contributed by atoms with Crippen LogP contribution in [0.1, 0.15) is 5.56 Å². The summed E-state index contributed by atoms with van der Waals surface area (Å²) in [4.78, 5) is 0. The molecule has 66 valence electrons. The summed E-state index contributed by atoms with van der Waals surface area (Å²) in [6, 6.07) is 10.3. The van der Waals surface area contributed by atoms with E-state index in [9.17, 15) is 0 Å². The van der Waals surface area contributed by atoms with Gasteiger partial charge >= 0.3 is 0 Å². The standard InChI is InChI=1S/C10H13IO/c11-7-10(8-12)6-9-4-2-1-3-5-9/h1-5,10,12H,6-8H2. The van der Waals surface area contributed by atoms with Gasteiger partial charge in [-0.15, -0.1) is 0 Å². The average molecular weight is 276 g/mol. The Labute approximate surface area is 86.9 Å². The second-order valence-corrected chi connectivity index (χ2v) is 3.77. The number of aliphatic hydroxyl groups is 1. The third-order valence-electron chi connectivity index (χ3n) is 1.84. The Kier molecular flexibility index (Phi) is 4.61. The van der Waals surface area contributed by atoms with Crippen molar-refractivity contribution in [1.29, 1.82) is 0 Å². The molecular formula is C10H13IO. The Morgan fingerprint density at radius 2 is 1.92 bits per heavy atom. The summed E-state index contributed by atoms with van der Waals surface area (Å²) in [5.74, 6) is 0.410. The fourth-order valence-corrected chi connectivity index (χ4v) is 1.71. The lowest BCUT2D eigenvalue weighted by molar-refractivity contribution is 0.241. The highest BCUT2D eigenvalue weighted by molar-refractivity contribution is 14.1. The van der Waals surface area contributed by atoms with Gasteiger partial charge in [0.2, 0.25) is 0 Å². The highest BCUT2D eigenvalue weighted by Gasteiger charge is 2.05. The molecule has 0 aliphatic rings. The molecule has 2 heteroatoms. The van der Waals surface area contributed by atoms with Gasteiger partial charge in [0.15, 0.2) is 0 Å². The first-order chi connectivity index (χ1) is 5.86. The Bertz CT molecular complexity index is 206. The average Bonchev–Trinajstić information content (AvgIpc) is 2.16. The third-order valence-corrected chi connectivity index (χ3v) is 3.09. The van der Waals surface area contributed by atoms with E-state index >= 15 is 0 Å². The van der Waals surface area contributed by atoms with Gasteiger partial charge in [0, 0.05) is 11.0 Å². The number of rotatable bonds is 4. The fourth-order valence-electron chi connectivity index (χ4n) is 1.12. The number of alkyl halides is 1. The zero-order chi connectivity index (χ0) is 8.81. The van der Waals surface area contributed by atoms with E-state index in [-0.39, 0.29) is 6.61 Å². The van der Waals surface area contributed by atoms with E-state index in [4.69, 9.17) is 5.11 Å². The van der Waals surface area contributed by atoms with Crippen LogP contribution in [-0.4, -0.2) is 16.1 Å². The van der Waals surface area contributed by atoms with Crippen LogP contribution in [0.2, 0.25) is 0 Å². The number of halogens is 1. The van der Waals surface area contributed by atoms with Crippen molar-refractivity contribution in [3.05, 3.63) is 35.9 Å². The van der Waals surface area contributed by atoms with Crippen molar-refractivity contribution in [2.45, 2.75) is 6.42 Å². The Balaban J connectivity index is 2.51. The van der Waals surface area contributed by atoms with Crippen molar-refractivity contribution in [2.24, 2.45) is 5.92 Å². The molecule has 0 aliphatic heterocycles. The van der Waals surface area contributed by atoms with Gasteiger partial charge in [-0.2, -0.15) is 0 Å². The molecule has 1 rings (SSSR count). The molecular weight excluding hydrogens is 263 g/mol. The zero-order valence-electron chi connectivity index (χ0n) is 6.91. The van der Waals surface area contributed by atoms with Crippen molar-refractivity contribution >= 4 is 22.6 Å². The van der Waals surface area contributed by atoms with E-state index in [1.165, 1.54) is 5.56 Å². The fraction of sp³-hybridized carbons (Fsp3) is 0.400. The van der Waals surface area contributed by atoms with Crippen LogP contribution in [0, 0.1) is 5.92 Å². The molecule has 0 radical (unpaired) electrons. The van der Waals surface area contributed by atoms with E-state index in [0.29, 0.717) is 5.92 Å². The molecule has 0 aliphatic carbocycles. The van der Waals surface area contributed by atoms with E-state index in [1.807, 2.05) is 18.2 Å². The SMILES string of the molecule is OCC(CI)Cc1ccccc1. The van der Waals surface area contributed by atoms with Gasteiger partial charge in [0.25, 0.3) is 0 Å². The number of benzene rings is 1. The van der Waals surface area contributed by atoms with Gasteiger partial charge in [-0.05, 0) is 17.9 Å². The Morgan fingerprint density at radius 1 is 1.25 bits per heavy atom. The smallest absolute Gasteiger partial charge is 0.0469 e. The van der Waals surface area contributed by atoms with Crippen LogP contribution >= 0.6 is 22.6 Å². The predicted octanol–water partition coefficient (Wildman–Crippen LogP) is 2.27. The van der Waals surface area contributed by atoms with E-state index in [1.54, 1.807) is 0 Å². The Morgan fingerprint density at radius 3 is 2.42 bits per heavy atom. The lowest BCUT2D eigenvalue weighted by Gasteiger charge is -2.09. The maximum absolute atomic E-state index is 8.98. The summed E-state index contributed by atoms with van der Waals surface area (Å²) in [5.41, 5.74) is 1.31. The van der Waals surface area contributed by atoms with Gasteiger partial charge in [-0.1, -0.05) is 52.9 Å². The molecule has 0 saturated carbocycles. The lowest BCUT2D eigenvalue weighted by atomic mass is 10.0. The highest BCUT2D eigenvalue weighted by Crippen LogP contribution is 2.10. The topological polar surface area (TPSA) is 20.2 Å². The van der Waals surface area contributed by atoms with Crippen LogP contribution in [0.25, 0.3) is 0 Å². The van der Waals surface area contributed by atoms with Crippen LogP contribution in [0.4, 0.5) is 0 Å². The second kappa shape index (κ2) is 5.54. The van der Waals surface area contributed by atoms with Crippen LogP contribution < -0.4 is 0 Å². The zero-order valence-corrected chi connectivity index (χ0v) is 9.07. The summed E-state index contributed by atoms with van der Waals surface area (Å²) in [5, 5.41) is 8.98. The largest absolute Gasteiger partial charge is 0.396 e.